The molecule has 0 aromatic heterocycles. The fraction of sp³-hybridized carbons (Fsp3) is 0.300. The molecular formula is C10H7F5N2O3. The molecule has 1 N–H and O–H groups in total. The van der Waals surface area contributed by atoms with Gasteiger partial charge in [0.05, 0.1) is 11.5 Å². The lowest BCUT2D eigenvalue weighted by Gasteiger charge is -2.09. The minimum Gasteiger partial charge on any atom is -0.349 e. The second kappa shape index (κ2) is 6.26. The number of benzene rings is 1. The summed E-state index contributed by atoms with van der Waals surface area (Å²) in [6, 6.07) is 0.967. The molecule has 0 aliphatic rings. The van der Waals surface area contributed by atoms with Crippen molar-refractivity contribution < 1.29 is 31.7 Å². The van der Waals surface area contributed by atoms with Crippen LogP contribution in [0.5, 0.6) is 0 Å². The molecule has 1 unspecified atom stereocenters. The number of rotatable bonds is 5. The molecule has 0 aliphatic heterocycles. The molecule has 1 aromatic carbocycles. The highest BCUT2D eigenvalue weighted by atomic mass is 19.3. The average Bonchev–Trinajstić information content (AvgIpc) is 2.35. The standard InChI is InChI=1S/C10H7F5N2O3/c11-4-1-2-6(17(19)20)8(13)7(4)10(18)16-3-5(12)9(14)15/h1-2,5,9H,3H2,(H,16,18). The van der Waals surface area contributed by atoms with Gasteiger partial charge in [-0.3, -0.25) is 14.9 Å². The third-order valence-corrected chi connectivity index (χ3v) is 2.23. The van der Waals surface area contributed by atoms with Crippen LogP contribution < -0.4 is 5.32 Å². The minimum absolute atomic E-state index is 0.468. The van der Waals surface area contributed by atoms with Crippen molar-refractivity contribution in [2.75, 3.05) is 6.54 Å². The molecule has 20 heavy (non-hydrogen) atoms. The maximum absolute atomic E-state index is 13.5. The summed E-state index contributed by atoms with van der Waals surface area (Å²) in [6.07, 6.45) is -6.10. The third-order valence-electron chi connectivity index (χ3n) is 2.23. The Hall–Kier alpha value is -2.26. The maximum Gasteiger partial charge on any atom is 0.305 e. The van der Waals surface area contributed by atoms with E-state index in [-0.39, 0.29) is 0 Å². The van der Waals surface area contributed by atoms with E-state index in [1.807, 2.05) is 0 Å². The number of hydrogen-bond acceptors (Lipinski definition) is 3. The molecule has 1 aromatic rings. The van der Waals surface area contributed by atoms with Crippen molar-refractivity contribution in [2.24, 2.45) is 0 Å². The predicted octanol–water partition coefficient (Wildman–Crippen LogP) is 2.21. The van der Waals surface area contributed by atoms with Crippen LogP contribution in [-0.2, 0) is 0 Å². The zero-order valence-corrected chi connectivity index (χ0v) is 9.58. The van der Waals surface area contributed by atoms with E-state index >= 15 is 0 Å². The second-order valence-electron chi connectivity index (χ2n) is 3.57. The van der Waals surface area contributed by atoms with E-state index in [1.165, 1.54) is 5.32 Å². The Labute approximate surface area is 108 Å². The minimum atomic E-state index is -3.38. The van der Waals surface area contributed by atoms with Crippen LogP contribution in [0.3, 0.4) is 0 Å². The molecule has 0 heterocycles. The van der Waals surface area contributed by atoms with Gasteiger partial charge in [-0.15, -0.1) is 0 Å². The number of nitro benzene ring substituents is 1. The smallest absolute Gasteiger partial charge is 0.305 e. The number of halogens is 5. The Kier molecular flexibility index (Phi) is 4.94. The molecule has 0 fully saturated rings. The highest BCUT2D eigenvalue weighted by Gasteiger charge is 2.27. The van der Waals surface area contributed by atoms with Crippen LogP contribution in [-0.4, -0.2) is 30.0 Å². The first kappa shape index (κ1) is 15.8. The quantitative estimate of drug-likeness (QED) is 0.514. The lowest BCUT2D eigenvalue weighted by atomic mass is 10.1. The number of hydrogen-bond donors (Lipinski definition) is 1. The largest absolute Gasteiger partial charge is 0.349 e. The summed E-state index contributed by atoms with van der Waals surface area (Å²) in [5, 5.41) is 11.9. The first-order valence-corrected chi connectivity index (χ1v) is 5.08. The summed E-state index contributed by atoms with van der Waals surface area (Å²) in [6.45, 7) is -1.18. The van der Waals surface area contributed by atoms with Gasteiger partial charge in [-0.2, -0.15) is 4.39 Å². The van der Waals surface area contributed by atoms with Crippen molar-refractivity contribution in [3.63, 3.8) is 0 Å². The van der Waals surface area contributed by atoms with Crippen LogP contribution in [0.15, 0.2) is 12.1 Å². The third kappa shape index (κ3) is 3.39. The second-order valence-corrected chi connectivity index (χ2v) is 3.57. The Morgan fingerprint density at radius 2 is 1.90 bits per heavy atom. The van der Waals surface area contributed by atoms with E-state index in [9.17, 15) is 36.9 Å². The lowest BCUT2D eigenvalue weighted by Crippen LogP contribution is -2.34. The molecule has 1 rings (SSSR count). The molecule has 1 atom stereocenters. The van der Waals surface area contributed by atoms with Crippen molar-refractivity contribution in [3.8, 4) is 0 Å². The molecule has 1 amide bonds. The normalized spacial score (nSPS) is 12.3. The summed E-state index contributed by atoms with van der Waals surface area (Å²) in [5.74, 6) is -4.76. The molecular weight excluding hydrogens is 291 g/mol. The van der Waals surface area contributed by atoms with E-state index in [0.29, 0.717) is 12.1 Å². The van der Waals surface area contributed by atoms with Gasteiger partial charge in [0, 0.05) is 6.07 Å². The number of nitrogens with one attached hydrogen (secondary N) is 1. The van der Waals surface area contributed by atoms with Crippen molar-refractivity contribution >= 4 is 11.6 Å². The fourth-order valence-electron chi connectivity index (χ4n) is 1.26. The van der Waals surface area contributed by atoms with E-state index < -0.39 is 52.9 Å². The maximum atomic E-state index is 13.5. The lowest BCUT2D eigenvalue weighted by molar-refractivity contribution is -0.387. The van der Waals surface area contributed by atoms with Gasteiger partial charge in [0.1, 0.15) is 11.4 Å². The van der Waals surface area contributed by atoms with Gasteiger partial charge in [0.2, 0.25) is 5.82 Å². The SMILES string of the molecule is O=C(NCC(F)C(F)F)c1c(F)ccc([N+](=O)[O-])c1F. The Morgan fingerprint density at radius 1 is 1.30 bits per heavy atom. The molecule has 0 saturated heterocycles. The fourth-order valence-corrected chi connectivity index (χ4v) is 1.26. The molecule has 0 radical (unpaired) electrons. The van der Waals surface area contributed by atoms with Gasteiger partial charge in [0.25, 0.3) is 12.3 Å². The molecule has 0 saturated carbocycles. The Morgan fingerprint density at radius 3 is 2.40 bits per heavy atom. The Balaban J connectivity index is 2.98. The van der Waals surface area contributed by atoms with Crippen LogP contribution in [0.4, 0.5) is 27.6 Å². The van der Waals surface area contributed by atoms with Gasteiger partial charge < -0.3 is 5.32 Å². The van der Waals surface area contributed by atoms with Gasteiger partial charge in [-0.25, -0.2) is 17.6 Å². The monoisotopic (exact) mass is 298 g/mol. The number of nitro groups is 1. The van der Waals surface area contributed by atoms with Crippen LogP contribution in [0.1, 0.15) is 10.4 Å². The van der Waals surface area contributed by atoms with Crippen LogP contribution in [0.25, 0.3) is 0 Å². The number of alkyl halides is 3. The Bertz CT molecular complexity index is 538. The molecule has 10 heteroatoms. The summed E-state index contributed by atoms with van der Waals surface area (Å²) in [7, 11) is 0. The van der Waals surface area contributed by atoms with Gasteiger partial charge in [-0.05, 0) is 6.07 Å². The highest BCUT2D eigenvalue weighted by molar-refractivity contribution is 5.95. The van der Waals surface area contributed by atoms with Crippen molar-refractivity contribution in [1.82, 2.24) is 5.32 Å². The molecule has 0 aliphatic carbocycles. The summed E-state index contributed by atoms with van der Waals surface area (Å²) in [5.41, 5.74) is -2.50. The molecule has 0 bridgehead atoms. The first-order chi connectivity index (χ1) is 9.25. The van der Waals surface area contributed by atoms with Crippen molar-refractivity contribution in [3.05, 3.63) is 39.4 Å². The summed E-state index contributed by atoms with van der Waals surface area (Å²) >= 11 is 0. The van der Waals surface area contributed by atoms with Gasteiger partial charge in [-0.1, -0.05) is 0 Å². The van der Waals surface area contributed by atoms with Gasteiger partial charge in [0.15, 0.2) is 6.17 Å². The average molecular weight is 298 g/mol. The van der Waals surface area contributed by atoms with Gasteiger partial charge >= 0.3 is 5.69 Å². The highest BCUT2D eigenvalue weighted by Crippen LogP contribution is 2.23. The number of amides is 1. The van der Waals surface area contributed by atoms with Crippen LogP contribution >= 0.6 is 0 Å². The van der Waals surface area contributed by atoms with E-state index in [1.54, 1.807) is 0 Å². The zero-order chi connectivity index (χ0) is 15.4. The molecule has 110 valence electrons. The van der Waals surface area contributed by atoms with Crippen molar-refractivity contribution in [2.45, 2.75) is 12.6 Å². The predicted molar refractivity (Wildman–Crippen MR) is 56.2 cm³/mol. The van der Waals surface area contributed by atoms with Crippen LogP contribution in [0.2, 0.25) is 0 Å². The number of carbonyl (C=O) groups excluding carboxylic acids is 1. The number of carbonyl (C=O) groups is 1. The summed E-state index contributed by atoms with van der Waals surface area (Å²) in [4.78, 5) is 20.6. The molecule has 0 spiro atoms. The van der Waals surface area contributed by atoms with E-state index in [2.05, 4.69) is 0 Å². The first-order valence-electron chi connectivity index (χ1n) is 5.08. The zero-order valence-electron chi connectivity index (χ0n) is 9.58. The van der Waals surface area contributed by atoms with E-state index in [0.717, 1.165) is 0 Å². The van der Waals surface area contributed by atoms with Crippen molar-refractivity contribution in [1.29, 1.82) is 0 Å². The van der Waals surface area contributed by atoms with E-state index in [4.69, 9.17) is 0 Å². The molecule has 5 nitrogen and oxygen atoms in total. The topological polar surface area (TPSA) is 72.2 Å². The number of nitrogens with zero attached hydrogens (tertiary/aromatic N) is 1. The van der Waals surface area contributed by atoms with Crippen LogP contribution in [0, 0.1) is 21.7 Å². The summed E-state index contributed by atoms with van der Waals surface area (Å²) < 4.78 is 63.0.